The second-order valence-corrected chi connectivity index (χ2v) is 13.3. The van der Waals surface area contributed by atoms with E-state index in [2.05, 4.69) is 170 Å². The number of hydrogen-bond donors (Lipinski definition) is 0. The van der Waals surface area contributed by atoms with Gasteiger partial charge < -0.3 is 9.30 Å². The summed E-state index contributed by atoms with van der Waals surface area (Å²) < 4.78 is 9.10. The van der Waals surface area contributed by atoms with Gasteiger partial charge >= 0.3 is 0 Å². The van der Waals surface area contributed by atoms with Gasteiger partial charge in [-0.15, -0.1) is 0 Å². The quantitative estimate of drug-likeness (QED) is 0.180. The Balaban J connectivity index is 1.20. The van der Waals surface area contributed by atoms with E-state index in [-0.39, 0.29) is 5.41 Å². The Morgan fingerprint density at radius 3 is 1.81 bits per heavy atom. The number of aromatic nitrogens is 1. The van der Waals surface area contributed by atoms with Crippen LogP contribution in [0.3, 0.4) is 0 Å². The summed E-state index contributed by atoms with van der Waals surface area (Å²) in [5.74, 6) is 1.89. The predicted molar refractivity (Wildman–Crippen MR) is 197 cm³/mol. The van der Waals surface area contributed by atoms with Crippen LogP contribution in [0, 0.1) is 0 Å². The van der Waals surface area contributed by atoms with Crippen LogP contribution in [0.4, 0.5) is 0 Å². The second kappa shape index (κ2) is 9.57. The van der Waals surface area contributed by atoms with Crippen molar-refractivity contribution in [3.05, 3.63) is 163 Å². The summed E-state index contributed by atoms with van der Waals surface area (Å²) in [7, 11) is 0. The fourth-order valence-corrected chi connectivity index (χ4v) is 8.15. The molecule has 0 radical (unpaired) electrons. The van der Waals surface area contributed by atoms with Gasteiger partial charge in [0, 0.05) is 38.6 Å². The van der Waals surface area contributed by atoms with E-state index in [9.17, 15) is 0 Å². The molecule has 0 aliphatic carbocycles. The third-order valence-corrected chi connectivity index (χ3v) is 10.4. The molecule has 0 atom stereocenters. The number of ether oxygens (including phenoxy) is 1. The molecule has 2 heteroatoms. The summed E-state index contributed by atoms with van der Waals surface area (Å²) in [6.45, 7) is 4.59. The lowest BCUT2D eigenvalue weighted by molar-refractivity contribution is 0.419. The van der Waals surface area contributed by atoms with Crippen molar-refractivity contribution in [3.63, 3.8) is 0 Å². The molecule has 0 amide bonds. The van der Waals surface area contributed by atoms with Crippen LogP contribution in [0.15, 0.2) is 152 Å². The van der Waals surface area contributed by atoms with Crippen molar-refractivity contribution in [2.45, 2.75) is 19.3 Å². The molecule has 9 aromatic rings. The molecule has 0 N–H and O–H groups in total. The zero-order valence-corrected chi connectivity index (χ0v) is 26.3. The molecule has 8 aromatic carbocycles. The van der Waals surface area contributed by atoms with Gasteiger partial charge in [-0.1, -0.05) is 129 Å². The fourth-order valence-electron chi connectivity index (χ4n) is 8.15. The van der Waals surface area contributed by atoms with Crippen LogP contribution >= 0.6 is 0 Å². The normalized spacial score (nSPS) is 13.7. The third kappa shape index (κ3) is 3.67. The molecule has 0 saturated heterocycles. The smallest absolute Gasteiger partial charge is 0.139 e. The Morgan fingerprint density at radius 1 is 0.447 bits per heavy atom. The lowest BCUT2D eigenvalue weighted by atomic mass is 9.75. The van der Waals surface area contributed by atoms with E-state index in [1.165, 1.54) is 65.3 Å². The Hall–Kier alpha value is -5.86. The Labute approximate surface area is 273 Å². The van der Waals surface area contributed by atoms with Gasteiger partial charge in [-0.05, 0) is 74.3 Å². The molecular weight excluding hydrogens is 571 g/mol. The molecule has 1 aliphatic heterocycles. The number of rotatable bonds is 2. The van der Waals surface area contributed by atoms with Gasteiger partial charge in [-0.3, -0.25) is 0 Å². The number of para-hydroxylation sites is 3. The summed E-state index contributed by atoms with van der Waals surface area (Å²) in [5, 5.41) is 10.2. The van der Waals surface area contributed by atoms with Crippen molar-refractivity contribution >= 4 is 54.1 Å². The minimum Gasteiger partial charge on any atom is -0.456 e. The van der Waals surface area contributed by atoms with Gasteiger partial charge in [0.25, 0.3) is 0 Å². The van der Waals surface area contributed by atoms with E-state index in [4.69, 9.17) is 4.74 Å². The maximum atomic E-state index is 6.67. The maximum Gasteiger partial charge on any atom is 0.139 e. The van der Waals surface area contributed by atoms with Crippen LogP contribution in [0.1, 0.15) is 25.0 Å². The number of benzene rings is 8. The molecule has 0 unspecified atom stereocenters. The highest BCUT2D eigenvalue weighted by molar-refractivity contribution is 6.25. The van der Waals surface area contributed by atoms with Crippen LogP contribution < -0.4 is 4.74 Å². The Bertz CT molecular complexity index is 2710. The molecule has 1 aromatic heterocycles. The zero-order chi connectivity index (χ0) is 31.3. The average Bonchev–Trinajstić information content (AvgIpc) is 3.45. The number of hydrogen-bond acceptors (Lipinski definition) is 1. The molecule has 2 nitrogen and oxygen atoms in total. The highest BCUT2D eigenvalue weighted by Gasteiger charge is 2.35. The summed E-state index contributed by atoms with van der Waals surface area (Å²) in [6.07, 6.45) is 0. The van der Waals surface area contributed by atoms with Gasteiger partial charge in [0.2, 0.25) is 0 Å². The van der Waals surface area contributed by atoms with Crippen molar-refractivity contribution in [2.75, 3.05) is 0 Å². The van der Waals surface area contributed by atoms with Gasteiger partial charge in [-0.25, -0.2) is 0 Å². The van der Waals surface area contributed by atoms with Crippen molar-refractivity contribution in [2.24, 2.45) is 0 Å². The molecule has 0 saturated carbocycles. The first-order chi connectivity index (χ1) is 23.1. The molecule has 2 heterocycles. The first-order valence-corrected chi connectivity index (χ1v) is 16.4. The molecule has 0 bridgehead atoms. The predicted octanol–water partition coefficient (Wildman–Crippen LogP) is 12.3. The standard InChI is InChI=1S/C45H31NO/c1-45(2)39-18-8-10-21-43(39)47-44-30(17-11-19-40(44)45)28-22-25-42-38(26-28)36-16-7-9-20-41(36)46(42)29-23-24-35-33-14-4-3-12-31(33)32-13-5-6-15-34(32)37(35)27-29/h3-27H,1-2H3. The van der Waals surface area contributed by atoms with Crippen molar-refractivity contribution in [1.82, 2.24) is 4.57 Å². The van der Waals surface area contributed by atoms with Crippen LogP contribution in [0.2, 0.25) is 0 Å². The molecule has 222 valence electrons. The van der Waals surface area contributed by atoms with Gasteiger partial charge in [0.15, 0.2) is 0 Å². The molecule has 0 spiro atoms. The van der Waals surface area contributed by atoms with Crippen LogP contribution in [0.25, 0.3) is 70.9 Å². The van der Waals surface area contributed by atoms with Gasteiger partial charge in [0.05, 0.1) is 11.0 Å². The van der Waals surface area contributed by atoms with Crippen LogP contribution in [0.5, 0.6) is 11.5 Å². The van der Waals surface area contributed by atoms with Crippen LogP contribution in [-0.2, 0) is 5.41 Å². The SMILES string of the molecule is CC1(C)c2ccccc2Oc2c(-c3ccc4c(c3)c3ccccc3n4-c3ccc4c5ccccc5c5ccccc5c4c3)cccc21. The summed E-state index contributed by atoms with van der Waals surface area (Å²) in [5.41, 5.74) is 8.10. The molecule has 10 rings (SSSR count). The first kappa shape index (κ1) is 26.4. The monoisotopic (exact) mass is 601 g/mol. The third-order valence-electron chi connectivity index (χ3n) is 10.4. The van der Waals surface area contributed by atoms with Gasteiger partial charge in [-0.2, -0.15) is 0 Å². The van der Waals surface area contributed by atoms with Crippen molar-refractivity contribution in [3.8, 4) is 28.3 Å². The molecule has 0 fully saturated rings. The lowest BCUT2D eigenvalue weighted by Gasteiger charge is -2.35. The average molecular weight is 602 g/mol. The Kier molecular flexibility index (Phi) is 5.37. The molecular formula is C45H31NO. The van der Waals surface area contributed by atoms with E-state index in [0.717, 1.165) is 28.3 Å². The van der Waals surface area contributed by atoms with Crippen LogP contribution in [-0.4, -0.2) is 4.57 Å². The largest absolute Gasteiger partial charge is 0.456 e. The summed E-state index contributed by atoms with van der Waals surface area (Å²) >= 11 is 0. The number of fused-ring (bicyclic) bond motifs is 11. The minimum absolute atomic E-state index is 0.161. The van der Waals surface area contributed by atoms with Gasteiger partial charge in [0.1, 0.15) is 11.5 Å². The minimum atomic E-state index is -0.161. The van der Waals surface area contributed by atoms with Crippen molar-refractivity contribution < 1.29 is 4.74 Å². The van der Waals surface area contributed by atoms with E-state index in [1.54, 1.807) is 0 Å². The van der Waals surface area contributed by atoms with E-state index < -0.39 is 0 Å². The summed E-state index contributed by atoms with van der Waals surface area (Å²) in [4.78, 5) is 0. The summed E-state index contributed by atoms with van der Waals surface area (Å²) in [6, 6.07) is 55.2. The second-order valence-electron chi connectivity index (χ2n) is 13.3. The zero-order valence-electron chi connectivity index (χ0n) is 26.3. The molecule has 1 aliphatic rings. The van der Waals surface area contributed by atoms with Crippen molar-refractivity contribution in [1.29, 1.82) is 0 Å². The fraction of sp³-hybridized carbons (Fsp3) is 0.0667. The topological polar surface area (TPSA) is 14.2 Å². The van der Waals surface area contributed by atoms with E-state index >= 15 is 0 Å². The highest BCUT2D eigenvalue weighted by Crippen LogP contribution is 2.51. The maximum absolute atomic E-state index is 6.67. The molecule has 47 heavy (non-hydrogen) atoms. The highest BCUT2D eigenvalue weighted by atomic mass is 16.5. The van der Waals surface area contributed by atoms with E-state index in [0.29, 0.717) is 0 Å². The first-order valence-electron chi connectivity index (χ1n) is 16.4. The number of nitrogens with zero attached hydrogens (tertiary/aromatic N) is 1. The lowest BCUT2D eigenvalue weighted by Crippen LogP contribution is -2.24. The Morgan fingerprint density at radius 2 is 1.04 bits per heavy atom. The van der Waals surface area contributed by atoms with E-state index in [1.807, 2.05) is 0 Å².